The third kappa shape index (κ3) is 3.27. The van der Waals surface area contributed by atoms with E-state index < -0.39 is 23.2 Å². The molecule has 160 valence electrons. The Bertz CT molecular complexity index is 1530. The molecule has 0 aliphatic carbocycles. The van der Waals surface area contributed by atoms with Crippen molar-refractivity contribution < 1.29 is 8.78 Å². The summed E-state index contributed by atoms with van der Waals surface area (Å²) in [5, 5.41) is 3.54. The summed E-state index contributed by atoms with van der Waals surface area (Å²) >= 11 is 6.14. The zero-order valence-corrected chi connectivity index (χ0v) is 17.4. The lowest BCUT2D eigenvalue weighted by Gasteiger charge is -2.21. The van der Waals surface area contributed by atoms with Gasteiger partial charge in [-0.25, -0.2) is 23.7 Å². The number of aromatic amines is 1. The monoisotopic (exact) mass is 452 g/mol. The lowest BCUT2D eigenvalue weighted by atomic mass is 10.1. The number of aromatic nitrogens is 5. The lowest BCUT2D eigenvalue weighted by molar-refractivity contribution is 0.627. The van der Waals surface area contributed by atoms with Gasteiger partial charge >= 0.3 is 0 Å². The Morgan fingerprint density at radius 2 is 1.88 bits per heavy atom. The number of anilines is 1. The number of halogens is 3. The molecule has 2 aromatic carbocycles. The van der Waals surface area contributed by atoms with Crippen LogP contribution in [0.25, 0.3) is 27.6 Å². The molecule has 10 heteroatoms. The summed E-state index contributed by atoms with van der Waals surface area (Å²) in [6.45, 7) is 1.84. The van der Waals surface area contributed by atoms with Gasteiger partial charge in [0.25, 0.3) is 5.56 Å². The quantitative estimate of drug-likeness (QED) is 0.410. The summed E-state index contributed by atoms with van der Waals surface area (Å²) in [4.78, 5) is 28.9. The number of hydrogen-bond donors (Lipinski definition) is 2. The Hall–Kier alpha value is -3.85. The summed E-state index contributed by atoms with van der Waals surface area (Å²) in [6.07, 6.45) is 2.89. The number of pyridine rings is 1. The Labute approximate surface area is 184 Å². The van der Waals surface area contributed by atoms with E-state index in [0.717, 1.165) is 0 Å². The molecule has 1 unspecified atom stereocenters. The standard InChI is InChI=1S/C22H15ClF2N6O/c1-11(30-21-19-20(27-9-26-19)28-10-29-21)16-8-12-2-7-15(25)18(23)17(12)22(32)31(16)14-5-3-13(24)4-6-14/h2-11H,1H3,(H2,26,27,28,29,30). The van der Waals surface area contributed by atoms with Crippen molar-refractivity contribution in [2.75, 3.05) is 5.32 Å². The van der Waals surface area contributed by atoms with Crippen molar-refractivity contribution in [1.29, 1.82) is 0 Å². The van der Waals surface area contributed by atoms with Gasteiger partial charge in [-0.15, -0.1) is 0 Å². The molecular formula is C22H15ClF2N6O. The van der Waals surface area contributed by atoms with Crippen LogP contribution in [0.2, 0.25) is 5.02 Å². The second-order valence-electron chi connectivity index (χ2n) is 7.20. The predicted octanol–water partition coefficient (Wildman–Crippen LogP) is 4.76. The molecule has 1 atom stereocenters. The fourth-order valence-electron chi connectivity index (χ4n) is 3.68. The molecule has 0 radical (unpaired) electrons. The average Bonchev–Trinajstić information content (AvgIpc) is 3.27. The van der Waals surface area contributed by atoms with E-state index in [1.807, 2.05) is 6.92 Å². The highest BCUT2D eigenvalue weighted by molar-refractivity contribution is 6.35. The largest absolute Gasteiger partial charge is 0.360 e. The lowest BCUT2D eigenvalue weighted by Crippen LogP contribution is -2.26. The van der Waals surface area contributed by atoms with E-state index in [9.17, 15) is 13.6 Å². The first-order chi connectivity index (χ1) is 15.4. The average molecular weight is 453 g/mol. The van der Waals surface area contributed by atoms with Gasteiger partial charge < -0.3 is 10.3 Å². The van der Waals surface area contributed by atoms with E-state index in [1.165, 1.54) is 53.6 Å². The summed E-state index contributed by atoms with van der Waals surface area (Å²) in [6, 6.07) is 9.47. The number of fused-ring (bicyclic) bond motifs is 2. The van der Waals surface area contributed by atoms with E-state index in [4.69, 9.17) is 11.6 Å². The molecule has 0 bridgehead atoms. The predicted molar refractivity (Wildman–Crippen MR) is 118 cm³/mol. The van der Waals surface area contributed by atoms with Crippen molar-refractivity contribution in [2.24, 2.45) is 0 Å². The second kappa shape index (κ2) is 7.69. The van der Waals surface area contributed by atoms with Gasteiger partial charge in [0, 0.05) is 11.4 Å². The van der Waals surface area contributed by atoms with Gasteiger partial charge in [-0.2, -0.15) is 0 Å². The molecule has 0 fully saturated rings. The first-order valence-corrected chi connectivity index (χ1v) is 10.0. The first kappa shape index (κ1) is 20.1. The van der Waals surface area contributed by atoms with Gasteiger partial charge in [0.1, 0.15) is 23.5 Å². The van der Waals surface area contributed by atoms with Gasteiger partial charge in [0.2, 0.25) is 0 Å². The molecule has 0 aliphatic rings. The summed E-state index contributed by atoms with van der Waals surface area (Å²) in [7, 11) is 0. The van der Waals surface area contributed by atoms with E-state index in [2.05, 4.69) is 25.3 Å². The number of nitrogens with one attached hydrogen (secondary N) is 2. The Morgan fingerprint density at radius 3 is 2.66 bits per heavy atom. The van der Waals surface area contributed by atoms with Gasteiger partial charge in [0.05, 0.1) is 22.8 Å². The Balaban J connectivity index is 1.73. The van der Waals surface area contributed by atoms with Gasteiger partial charge in [-0.05, 0) is 48.7 Å². The van der Waals surface area contributed by atoms with E-state index in [-0.39, 0.29) is 10.4 Å². The van der Waals surface area contributed by atoms with Crippen LogP contribution < -0.4 is 10.9 Å². The zero-order valence-electron chi connectivity index (χ0n) is 16.6. The molecule has 3 heterocycles. The number of nitrogens with zero attached hydrogens (tertiary/aromatic N) is 4. The van der Waals surface area contributed by atoms with Gasteiger partial charge in [-0.3, -0.25) is 9.36 Å². The number of imidazole rings is 1. The van der Waals surface area contributed by atoms with Crippen molar-refractivity contribution in [2.45, 2.75) is 13.0 Å². The van der Waals surface area contributed by atoms with Crippen molar-refractivity contribution in [3.05, 3.63) is 87.8 Å². The smallest absolute Gasteiger partial charge is 0.264 e. The molecule has 0 amide bonds. The molecule has 0 spiro atoms. The molecule has 32 heavy (non-hydrogen) atoms. The maximum Gasteiger partial charge on any atom is 0.264 e. The van der Waals surface area contributed by atoms with Crippen LogP contribution >= 0.6 is 11.6 Å². The maximum atomic E-state index is 14.1. The summed E-state index contributed by atoms with van der Waals surface area (Å²) in [5.41, 5.74) is 1.55. The number of hydrogen-bond acceptors (Lipinski definition) is 5. The summed E-state index contributed by atoms with van der Waals surface area (Å²) in [5.74, 6) is -0.638. The van der Waals surface area contributed by atoms with Crippen LogP contribution in [0.15, 0.2) is 59.9 Å². The SMILES string of the molecule is CC(Nc1ncnc2nc[nH]c12)c1cc2ccc(F)c(Cl)c2c(=O)n1-c1ccc(F)cc1. The maximum absolute atomic E-state index is 14.1. The highest BCUT2D eigenvalue weighted by Crippen LogP contribution is 2.29. The molecule has 3 aromatic heterocycles. The third-order valence-electron chi connectivity index (χ3n) is 5.21. The van der Waals surface area contributed by atoms with Crippen molar-refractivity contribution in [1.82, 2.24) is 24.5 Å². The van der Waals surface area contributed by atoms with Crippen LogP contribution in [0.3, 0.4) is 0 Å². The molecular weight excluding hydrogens is 438 g/mol. The highest BCUT2D eigenvalue weighted by atomic mass is 35.5. The fraction of sp³-hybridized carbons (Fsp3) is 0.0909. The van der Waals surface area contributed by atoms with Crippen molar-refractivity contribution in [3.8, 4) is 5.69 Å². The van der Waals surface area contributed by atoms with Crippen LogP contribution in [0.5, 0.6) is 0 Å². The van der Waals surface area contributed by atoms with E-state index >= 15 is 0 Å². The first-order valence-electron chi connectivity index (χ1n) is 9.64. The second-order valence-corrected chi connectivity index (χ2v) is 7.58. The number of H-pyrrole nitrogens is 1. The van der Waals surface area contributed by atoms with Crippen LogP contribution in [0.1, 0.15) is 18.7 Å². The van der Waals surface area contributed by atoms with Crippen LogP contribution in [0.4, 0.5) is 14.6 Å². The molecule has 7 nitrogen and oxygen atoms in total. The highest BCUT2D eigenvalue weighted by Gasteiger charge is 2.20. The fourth-order valence-corrected chi connectivity index (χ4v) is 3.94. The van der Waals surface area contributed by atoms with Gasteiger partial charge in [-0.1, -0.05) is 17.7 Å². The van der Waals surface area contributed by atoms with Crippen LogP contribution in [0, 0.1) is 11.6 Å². The minimum Gasteiger partial charge on any atom is -0.360 e. The number of benzene rings is 2. The summed E-state index contributed by atoms with van der Waals surface area (Å²) < 4.78 is 29.0. The molecule has 5 aromatic rings. The topological polar surface area (TPSA) is 88.5 Å². The molecule has 0 saturated heterocycles. The molecule has 5 rings (SSSR count). The number of rotatable bonds is 4. The van der Waals surface area contributed by atoms with Crippen LogP contribution in [-0.4, -0.2) is 24.5 Å². The minimum atomic E-state index is -0.691. The molecule has 2 N–H and O–H groups in total. The van der Waals surface area contributed by atoms with Crippen LogP contribution in [-0.2, 0) is 0 Å². The zero-order chi connectivity index (χ0) is 22.4. The van der Waals surface area contributed by atoms with Crippen molar-refractivity contribution >= 4 is 39.4 Å². The molecule has 0 aliphatic heterocycles. The van der Waals surface area contributed by atoms with Crippen molar-refractivity contribution in [3.63, 3.8) is 0 Å². The molecule has 0 saturated carbocycles. The third-order valence-corrected chi connectivity index (χ3v) is 5.58. The van der Waals surface area contributed by atoms with Gasteiger partial charge in [0.15, 0.2) is 11.5 Å². The Morgan fingerprint density at radius 1 is 1.09 bits per heavy atom. The van der Waals surface area contributed by atoms with E-state index in [0.29, 0.717) is 33.7 Å². The Kier molecular flexibility index (Phi) is 4.82. The van der Waals surface area contributed by atoms with E-state index in [1.54, 1.807) is 6.07 Å². The normalized spacial score (nSPS) is 12.4. The minimum absolute atomic E-state index is 0.0462.